The van der Waals surface area contributed by atoms with Crippen LogP contribution in [-0.2, 0) is 10.0 Å². The minimum absolute atomic E-state index is 0. The summed E-state index contributed by atoms with van der Waals surface area (Å²) in [5.74, 6) is 1.87. The molecule has 14 nitrogen and oxygen atoms in total. The molecule has 5 heterocycles. The summed E-state index contributed by atoms with van der Waals surface area (Å²) in [6, 6.07) is 12.5. The van der Waals surface area contributed by atoms with Gasteiger partial charge in [0.1, 0.15) is 0 Å². The van der Waals surface area contributed by atoms with E-state index in [1.54, 1.807) is 42.6 Å². The molecule has 246 valence electrons. The first-order valence-corrected chi connectivity index (χ1v) is 16.8. The Morgan fingerprint density at radius 1 is 0.756 bits per heavy atom. The summed E-state index contributed by atoms with van der Waals surface area (Å²) < 4.78 is 28.8. The fourth-order valence-corrected chi connectivity index (χ4v) is 7.43. The number of H-pyrrole nitrogens is 1. The lowest BCUT2D eigenvalue weighted by Crippen LogP contribution is -2.44. The Balaban J connectivity index is 0.00000150. The molecule has 0 radical (unpaired) electrons. The van der Waals surface area contributed by atoms with Gasteiger partial charge in [-0.15, -0.1) is 0 Å². The maximum Gasteiger partial charge on any atom is 0.261 e. The van der Waals surface area contributed by atoms with Gasteiger partial charge in [0, 0.05) is 46.1 Å². The Hall–Kier alpha value is -4.05. The summed E-state index contributed by atoms with van der Waals surface area (Å²) in [6.07, 6.45) is 10.0. The number of benzene rings is 2. The highest BCUT2D eigenvalue weighted by Crippen LogP contribution is 2.27. The molecule has 15 heteroatoms. The van der Waals surface area contributed by atoms with Crippen LogP contribution in [0.25, 0.3) is 10.9 Å². The fourth-order valence-electron chi connectivity index (χ4n) is 6.39. The van der Waals surface area contributed by atoms with E-state index in [1.165, 1.54) is 32.4 Å². The average molecular weight is 641 g/mol. The zero-order chi connectivity index (χ0) is 29.2. The number of hydrogen-bond acceptors (Lipinski definition) is 12. The molecule has 0 aliphatic carbocycles. The monoisotopic (exact) mass is 640 g/mol. The van der Waals surface area contributed by atoms with Crippen LogP contribution in [0.15, 0.2) is 53.6 Å². The quantitative estimate of drug-likeness (QED) is 0.169. The van der Waals surface area contributed by atoms with Crippen molar-refractivity contribution in [3.63, 3.8) is 0 Å². The van der Waals surface area contributed by atoms with E-state index >= 15 is 0 Å². The number of hydrogen-bond donors (Lipinski definition) is 5. The Morgan fingerprint density at radius 2 is 1.38 bits per heavy atom. The topological polar surface area (TPSA) is 205 Å². The summed E-state index contributed by atoms with van der Waals surface area (Å²) >= 11 is 0. The highest BCUT2D eigenvalue weighted by molar-refractivity contribution is 7.92. The predicted molar refractivity (Wildman–Crippen MR) is 183 cm³/mol. The van der Waals surface area contributed by atoms with E-state index in [1.807, 2.05) is 6.07 Å². The number of nitrogens with zero attached hydrogens (tertiary/aromatic N) is 7. The largest absolute Gasteiger partial charge is 0.344 e. The average Bonchev–Trinajstić information content (AvgIpc) is 3.74. The minimum atomic E-state index is -3.78. The molecular formula is C30H48N12O2S. The third-order valence-electron chi connectivity index (χ3n) is 8.77. The van der Waals surface area contributed by atoms with Crippen LogP contribution in [0.1, 0.15) is 47.8 Å². The van der Waals surface area contributed by atoms with E-state index in [0.717, 1.165) is 62.8 Å². The molecule has 45 heavy (non-hydrogen) atoms. The Kier molecular flexibility index (Phi) is 10.0. The van der Waals surface area contributed by atoms with Gasteiger partial charge in [-0.25, -0.2) is 8.42 Å². The van der Waals surface area contributed by atoms with Crippen LogP contribution >= 0.6 is 0 Å². The van der Waals surface area contributed by atoms with Crippen molar-refractivity contribution < 1.29 is 11.3 Å². The van der Waals surface area contributed by atoms with Gasteiger partial charge in [0.2, 0.25) is 17.8 Å². The van der Waals surface area contributed by atoms with Crippen molar-refractivity contribution in [2.45, 2.75) is 55.9 Å². The second-order valence-corrected chi connectivity index (χ2v) is 13.4. The molecule has 2 aromatic carbocycles. The fraction of sp³-hybridized carbons (Fsp3) is 0.467. The zero-order valence-electron chi connectivity index (χ0n) is 25.7. The van der Waals surface area contributed by atoms with Gasteiger partial charge in [-0.05, 0) is 100 Å². The van der Waals surface area contributed by atoms with Crippen LogP contribution < -0.4 is 32.1 Å². The first-order valence-electron chi connectivity index (χ1n) is 15.3. The van der Waals surface area contributed by atoms with Gasteiger partial charge in [0.15, 0.2) is 0 Å². The van der Waals surface area contributed by atoms with Crippen molar-refractivity contribution in [2.75, 3.05) is 59.1 Å². The molecule has 3 aliphatic heterocycles. The van der Waals surface area contributed by atoms with Gasteiger partial charge in [0.25, 0.3) is 10.0 Å². The van der Waals surface area contributed by atoms with Gasteiger partial charge in [-0.2, -0.15) is 20.1 Å². The molecule has 0 amide bonds. The maximum atomic E-state index is 13.1. The molecule has 9 N–H and O–H groups in total. The van der Waals surface area contributed by atoms with E-state index in [4.69, 9.17) is 15.0 Å². The van der Waals surface area contributed by atoms with Crippen molar-refractivity contribution in [2.24, 2.45) is 0 Å². The van der Waals surface area contributed by atoms with Crippen LogP contribution in [0.2, 0.25) is 0 Å². The number of piperidine rings is 2. The lowest BCUT2D eigenvalue weighted by molar-refractivity contribution is 0.207. The van der Waals surface area contributed by atoms with Crippen molar-refractivity contribution >= 4 is 50.1 Å². The number of sulfonamides is 1. The molecule has 0 saturated carbocycles. The van der Waals surface area contributed by atoms with Crippen molar-refractivity contribution in [3.05, 3.63) is 48.7 Å². The number of fused-ring (bicyclic) bond motifs is 1. The summed E-state index contributed by atoms with van der Waals surface area (Å²) in [6.45, 7) is 6.18. The Labute approximate surface area is 267 Å². The molecule has 2 aromatic heterocycles. The minimum Gasteiger partial charge on any atom is -0.344 e. The summed E-state index contributed by atoms with van der Waals surface area (Å²) in [5, 5.41) is 11.1. The molecule has 0 unspecified atom stereocenters. The third kappa shape index (κ3) is 7.27. The molecule has 0 atom stereocenters. The molecule has 4 aromatic rings. The van der Waals surface area contributed by atoms with E-state index < -0.39 is 10.0 Å². The second kappa shape index (κ2) is 13.9. The molecule has 7 rings (SSSR count). The molecule has 0 bridgehead atoms. The molecule has 3 aliphatic rings. The van der Waals surface area contributed by atoms with Crippen molar-refractivity contribution in [1.82, 2.24) is 42.4 Å². The maximum absolute atomic E-state index is 13.1. The number of nitrogens with one attached hydrogen (secondary N) is 3. The van der Waals surface area contributed by atoms with Gasteiger partial charge in [0.05, 0.1) is 22.3 Å². The number of aromatic nitrogens is 5. The van der Waals surface area contributed by atoms with Gasteiger partial charge in [-0.3, -0.25) is 9.82 Å². The first kappa shape index (κ1) is 32.3. The predicted octanol–water partition coefficient (Wildman–Crippen LogP) is 5.16. The second-order valence-electron chi connectivity index (χ2n) is 11.7. The number of likely N-dealkylation sites (tertiary alicyclic amines) is 1. The lowest BCUT2D eigenvalue weighted by atomic mass is 10.0. The summed E-state index contributed by atoms with van der Waals surface area (Å²) in [4.78, 5) is 21.9. The van der Waals surface area contributed by atoms with E-state index in [9.17, 15) is 8.42 Å². The van der Waals surface area contributed by atoms with Crippen LogP contribution in [0.3, 0.4) is 0 Å². The molecular weight excluding hydrogens is 592 g/mol. The first-order chi connectivity index (χ1) is 21.0. The van der Waals surface area contributed by atoms with Crippen LogP contribution in [0.4, 0.5) is 29.2 Å². The van der Waals surface area contributed by atoms with Crippen molar-refractivity contribution in [3.8, 4) is 0 Å². The highest BCUT2D eigenvalue weighted by Gasteiger charge is 2.28. The Bertz CT molecular complexity index is 1670. The molecule has 0 spiro atoms. The lowest BCUT2D eigenvalue weighted by Gasteiger charge is -2.37. The normalized spacial score (nSPS) is 18.0. The van der Waals surface area contributed by atoms with E-state index in [0.29, 0.717) is 35.3 Å². The van der Waals surface area contributed by atoms with Crippen molar-refractivity contribution in [1.29, 1.82) is 0 Å². The molecule has 3 fully saturated rings. The van der Waals surface area contributed by atoms with Crippen LogP contribution in [0, 0.1) is 0 Å². The number of rotatable bonds is 8. The highest BCUT2D eigenvalue weighted by atomic mass is 32.2. The van der Waals surface area contributed by atoms with Crippen LogP contribution in [0.5, 0.6) is 0 Å². The van der Waals surface area contributed by atoms with Gasteiger partial charge >= 0.3 is 0 Å². The van der Waals surface area contributed by atoms with Gasteiger partial charge < -0.3 is 32.3 Å². The standard InChI is InChI=1S/C30H38N10O2S.2H3N.2H2/c41-43(42,37-24-7-6-22-21-31-36-27(22)20-24)26-10-8-23(9-11-26)32-28-33-29(39-16-2-1-3-17-39)35-30(34-28)40-18-12-25(13-19-40)38-14-4-5-15-38;;;;/h6-11,20-21,25,37H,1-5,12-19H2,(H,31,36)(H,32,33,34,35);2*1H3;2*1H. The smallest absolute Gasteiger partial charge is 0.261 e. The van der Waals surface area contributed by atoms with Crippen LogP contribution in [-0.4, -0.2) is 83.8 Å². The summed E-state index contributed by atoms with van der Waals surface area (Å²) in [5.41, 5.74) is 1.93. The summed E-state index contributed by atoms with van der Waals surface area (Å²) in [7, 11) is -3.78. The SMILES string of the molecule is N.N.O=S(=O)(Nc1ccc2cn[nH]c2c1)c1ccc(Nc2nc(N3CCCCC3)nc(N3CCC(N4CCCC4)CC3)n2)cc1.[HH].[HH]. The Morgan fingerprint density at radius 3 is 2.07 bits per heavy atom. The molecule has 3 saturated heterocycles. The van der Waals surface area contributed by atoms with E-state index in [2.05, 4.69) is 34.9 Å². The van der Waals surface area contributed by atoms with E-state index in [-0.39, 0.29) is 20.0 Å². The number of anilines is 5. The van der Waals surface area contributed by atoms with Gasteiger partial charge in [-0.1, -0.05) is 0 Å². The third-order valence-corrected chi connectivity index (χ3v) is 10.2. The zero-order valence-corrected chi connectivity index (χ0v) is 26.5. The number of aromatic amines is 1.